The Hall–Kier alpha value is -2.10. The van der Waals surface area contributed by atoms with Gasteiger partial charge in [0.25, 0.3) is 0 Å². The van der Waals surface area contributed by atoms with Crippen LogP contribution in [0.3, 0.4) is 0 Å². The maximum atomic E-state index is 12.0. The molecule has 2 rings (SSSR count). The van der Waals surface area contributed by atoms with E-state index in [1.807, 2.05) is 30.3 Å². The third-order valence-electron chi connectivity index (χ3n) is 3.08. The predicted molar refractivity (Wildman–Crippen MR) is 69.4 cm³/mol. The van der Waals surface area contributed by atoms with E-state index in [4.69, 9.17) is 5.73 Å². The van der Waals surface area contributed by atoms with Gasteiger partial charge in [-0.3, -0.25) is 9.59 Å². The number of nitrogens with two attached hydrogens (primary N) is 1. The lowest BCUT2D eigenvalue weighted by Gasteiger charge is -2.20. The molecule has 0 unspecified atom stereocenters. The normalized spacial score (nSPS) is 19.3. The Bertz CT molecular complexity index is 468. The summed E-state index contributed by atoms with van der Waals surface area (Å²) in [5.41, 5.74) is 6.24. The van der Waals surface area contributed by atoms with E-state index >= 15 is 0 Å². The van der Waals surface area contributed by atoms with Crippen molar-refractivity contribution in [2.24, 2.45) is 5.73 Å². The Kier molecular flexibility index (Phi) is 3.77. The van der Waals surface area contributed by atoms with Gasteiger partial charge in [-0.05, 0) is 24.5 Å². The number of primary amides is 1. The lowest BCUT2D eigenvalue weighted by Crippen LogP contribution is -2.42. The van der Waals surface area contributed by atoms with E-state index in [9.17, 15) is 9.59 Å². The molecule has 1 saturated heterocycles. The molecule has 4 nitrogen and oxygen atoms in total. The molecule has 1 fully saturated rings. The highest BCUT2D eigenvalue weighted by molar-refractivity contribution is 5.95. The standard InChI is InChI=1S/C14H16N2O2/c15-14(18)12-7-4-10-16(12)13(17)9-8-11-5-2-1-3-6-11/h1-3,5-6,8-9,12H,4,7,10H2,(H2,15,18)/b9-8+/t12-/m1/s1. The highest BCUT2D eigenvalue weighted by atomic mass is 16.2. The minimum Gasteiger partial charge on any atom is -0.368 e. The van der Waals surface area contributed by atoms with Crippen LogP contribution in [-0.2, 0) is 9.59 Å². The van der Waals surface area contributed by atoms with E-state index in [-0.39, 0.29) is 5.91 Å². The van der Waals surface area contributed by atoms with Crippen molar-refractivity contribution in [3.63, 3.8) is 0 Å². The summed E-state index contributed by atoms with van der Waals surface area (Å²) in [5.74, 6) is -0.575. The predicted octanol–water partition coefficient (Wildman–Crippen LogP) is 1.18. The van der Waals surface area contributed by atoms with Gasteiger partial charge in [-0.1, -0.05) is 30.3 Å². The summed E-state index contributed by atoms with van der Waals surface area (Å²) >= 11 is 0. The Morgan fingerprint density at radius 2 is 2.00 bits per heavy atom. The Balaban J connectivity index is 2.04. The van der Waals surface area contributed by atoms with Crippen molar-refractivity contribution < 1.29 is 9.59 Å². The summed E-state index contributed by atoms with van der Waals surface area (Å²) in [6, 6.07) is 9.12. The molecular weight excluding hydrogens is 228 g/mol. The molecule has 1 atom stereocenters. The third kappa shape index (κ3) is 2.77. The van der Waals surface area contributed by atoms with E-state index in [1.54, 1.807) is 11.0 Å². The van der Waals surface area contributed by atoms with Gasteiger partial charge in [0.1, 0.15) is 6.04 Å². The van der Waals surface area contributed by atoms with Crippen LogP contribution < -0.4 is 5.73 Å². The number of amides is 2. The first-order chi connectivity index (χ1) is 8.68. The fourth-order valence-electron chi connectivity index (χ4n) is 2.15. The summed E-state index contributed by atoms with van der Waals surface area (Å²) in [6.45, 7) is 0.603. The van der Waals surface area contributed by atoms with E-state index in [0.717, 1.165) is 12.0 Å². The molecule has 94 valence electrons. The second-order valence-electron chi connectivity index (χ2n) is 4.34. The molecule has 1 aromatic carbocycles. The molecule has 1 aliphatic heterocycles. The molecule has 0 aromatic heterocycles. The van der Waals surface area contributed by atoms with Crippen molar-refractivity contribution >= 4 is 17.9 Å². The van der Waals surface area contributed by atoms with Crippen LogP contribution in [-0.4, -0.2) is 29.3 Å². The van der Waals surface area contributed by atoms with E-state index in [2.05, 4.69) is 0 Å². The van der Waals surface area contributed by atoms with Crippen LogP contribution in [0.1, 0.15) is 18.4 Å². The van der Waals surface area contributed by atoms with Crippen LogP contribution >= 0.6 is 0 Å². The van der Waals surface area contributed by atoms with Crippen LogP contribution in [0.25, 0.3) is 6.08 Å². The van der Waals surface area contributed by atoms with Crippen LogP contribution in [0.5, 0.6) is 0 Å². The molecule has 2 N–H and O–H groups in total. The second-order valence-corrected chi connectivity index (χ2v) is 4.34. The van der Waals surface area contributed by atoms with Gasteiger partial charge < -0.3 is 10.6 Å². The minimum atomic E-state index is -0.446. The molecule has 0 radical (unpaired) electrons. The zero-order valence-corrected chi connectivity index (χ0v) is 10.1. The summed E-state index contributed by atoms with van der Waals surface area (Å²) in [4.78, 5) is 24.7. The average Bonchev–Trinajstić information content (AvgIpc) is 2.86. The number of likely N-dealkylation sites (tertiary alicyclic amines) is 1. The Labute approximate surface area is 106 Å². The molecule has 4 heteroatoms. The maximum absolute atomic E-state index is 12.0. The summed E-state index contributed by atoms with van der Waals surface area (Å²) < 4.78 is 0. The van der Waals surface area contributed by atoms with E-state index in [0.29, 0.717) is 13.0 Å². The fraction of sp³-hybridized carbons (Fsp3) is 0.286. The van der Waals surface area contributed by atoms with Gasteiger partial charge in [-0.2, -0.15) is 0 Å². The first kappa shape index (κ1) is 12.4. The molecule has 18 heavy (non-hydrogen) atoms. The molecule has 2 amide bonds. The first-order valence-electron chi connectivity index (χ1n) is 6.01. The minimum absolute atomic E-state index is 0.153. The van der Waals surface area contributed by atoms with Gasteiger partial charge in [0.05, 0.1) is 0 Å². The summed E-state index contributed by atoms with van der Waals surface area (Å²) in [5, 5.41) is 0. The van der Waals surface area contributed by atoms with E-state index < -0.39 is 11.9 Å². The molecule has 1 aromatic rings. The van der Waals surface area contributed by atoms with Crippen LogP contribution in [0.4, 0.5) is 0 Å². The van der Waals surface area contributed by atoms with Crippen molar-refractivity contribution in [2.75, 3.05) is 6.54 Å². The van der Waals surface area contributed by atoms with Gasteiger partial charge in [-0.25, -0.2) is 0 Å². The number of carbonyl (C=O) groups excluding carboxylic acids is 2. The molecule has 0 bridgehead atoms. The number of nitrogens with zero attached hydrogens (tertiary/aromatic N) is 1. The number of rotatable bonds is 3. The van der Waals surface area contributed by atoms with Gasteiger partial charge in [-0.15, -0.1) is 0 Å². The fourth-order valence-corrected chi connectivity index (χ4v) is 2.15. The third-order valence-corrected chi connectivity index (χ3v) is 3.08. The smallest absolute Gasteiger partial charge is 0.247 e. The number of hydrogen-bond acceptors (Lipinski definition) is 2. The maximum Gasteiger partial charge on any atom is 0.247 e. The van der Waals surface area contributed by atoms with Crippen LogP contribution in [0, 0.1) is 0 Å². The SMILES string of the molecule is NC(=O)[C@H]1CCCN1C(=O)/C=C/c1ccccc1. The molecule has 0 saturated carbocycles. The topological polar surface area (TPSA) is 63.4 Å². The highest BCUT2D eigenvalue weighted by Crippen LogP contribution is 2.17. The lowest BCUT2D eigenvalue weighted by molar-refractivity contribution is -0.133. The molecule has 0 spiro atoms. The molecule has 1 aliphatic rings. The number of carbonyl (C=O) groups is 2. The molecule has 0 aliphatic carbocycles. The van der Waals surface area contributed by atoms with Gasteiger partial charge in [0.15, 0.2) is 0 Å². The monoisotopic (exact) mass is 244 g/mol. The van der Waals surface area contributed by atoms with Crippen LogP contribution in [0.15, 0.2) is 36.4 Å². The largest absolute Gasteiger partial charge is 0.368 e. The quantitative estimate of drug-likeness (QED) is 0.811. The van der Waals surface area contributed by atoms with Crippen molar-refractivity contribution in [1.82, 2.24) is 4.90 Å². The average molecular weight is 244 g/mol. The van der Waals surface area contributed by atoms with Crippen molar-refractivity contribution in [2.45, 2.75) is 18.9 Å². The van der Waals surface area contributed by atoms with Gasteiger partial charge >= 0.3 is 0 Å². The van der Waals surface area contributed by atoms with Crippen molar-refractivity contribution in [3.05, 3.63) is 42.0 Å². The Morgan fingerprint density at radius 1 is 1.28 bits per heavy atom. The van der Waals surface area contributed by atoms with Crippen LogP contribution in [0.2, 0.25) is 0 Å². The second kappa shape index (κ2) is 5.49. The van der Waals surface area contributed by atoms with Crippen molar-refractivity contribution in [1.29, 1.82) is 0 Å². The zero-order valence-electron chi connectivity index (χ0n) is 10.1. The zero-order chi connectivity index (χ0) is 13.0. The van der Waals surface area contributed by atoms with Gasteiger partial charge in [0, 0.05) is 12.6 Å². The van der Waals surface area contributed by atoms with E-state index in [1.165, 1.54) is 6.08 Å². The number of benzene rings is 1. The summed E-state index contributed by atoms with van der Waals surface area (Å²) in [6.07, 6.45) is 4.74. The lowest BCUT2D eigenvalue weighted by atomic mass is 10.2. The first-order valence-corrected chi connectivity index (χ1v) is 6.01. The highest BCUT2D eigenvalue weighted by Gasteiger charge is 2.31. The Morgan fingerprint density at radius 3 is 2.67 bits per heavy atom. The van der Waals surface area contributed by atoms with Crippen molar-refractivity contribution in [3.8, 4) is 0 Å². The molecular formula is C14H16N2O2. The molecule has 1 heterocycles. The number of hydrogen-bond donors (Lipinski definition) is 1. The van der Waals surface area contributed by atoms with Gasteiger partial charge in [0.2, 0.25) is 11.8 Å². The summed E-state index contributed by atoms with van der Waals surface area (Å²) in [7, 11) is 0.